The minimum absolute atomic E-state index is 0.0408. The van der Waals surface area contributed by atoms with Crippen LogP contribution >= 0.6 is 11.6 Å². The molecule has 3 nitrogen and oxygen atoms in total. The molecule has 0 spiro atoms. The van der Waals surface area contributed by atoms with E-state index in [4.69, 9.17) is 16.3 Å². The van der Waals surface area contributed by atoms with Crippen LogP contribution in [0.5, 0.6) is 5.75 Å². The third-order valence-corrected chi connectivity index (χ3v) is 3.82. The number of methoxy groups -OCH3 is 1. The van der Waals surface area contributed by atoms with Gasteiger partial charge in [0.2, 0.25) is 0 Å². The maximum Gasteiger partial charge on any atom is 0.254 e. The summed E-state index contributed by atoms with van der Waals surface area (Å²) >= 11 is 5.89. The van der Waals surface area contributed by atoms with Crippen LogP contribution in [0.25, 0.3) is 0 Å². The van der Waals surface area contributed by atoms with Crippen molar-refractivity contribution in [1.29, 1.82) is 0 Å². The molecule has 21 heavy (non-hydrogen) atoms. The van der Waals surface area contributed by atoms with Crippen molar-refractivity contribution < 1.29 is 9.53 Å². The molecule has 0 aliphatic rings. The molecule has 0 fully saturated rings. The molecular formula is C17H18ClNO2. The zero-order valence-corrected chi connectivity index (χ0v) is 13.1. The van der Waals surface area contributed by atoms with Crippen molar-refractivity contribution in [2.45, 2.75) is 13.0 Å². The van der Waals surface area contributed by atoms with E-state index in [1.165, 1.54) is 0 Å². The lowest BCUT2D eigenvalue weighted by Gasteiger charge is -2.25. The predicted octanol–water partition coefficient (Wildman–Crippen LogP) is 4.18. The summed E-state index contributed by atoms with van der Waals surface area (Å²) in [5.41, 5.74) is 1.65. The van der Waals surface area contributed by atoms with Gasteiger partial charge in [-0.1, -0.05) is 29.8 Å². The Labute approximate surface area is 130 Å². The Hall–Kier alpha value is -2.00. The van der Waals surface area contributed by atoms with Gasteiger partial charge in [0, 0.05) is 17.6 Å². The topological polar surface area (TPSA) is 29.5 Å². The first-order chi connectivity index (χ1) is 10.0. The van der Waals surface area contributed by atoms with E-state index >= 15 is 0 Å². The number of rotatable bonds is 4. The fraction of sp³-hybridized carbons (Fsp3) is 0.235. The summed E-state index contributed by atoms with van der Waals surface area (Å²) in [6.45, 7) is 1.99. The number of hydrogen-bond donors (Lipinski definition) is 0. The minimum atomic E-state index is -0.0450. The summed E-state index contributed by atoms with van der Waals surface area (Å²) in [6.07, 6.45) is 0. The first-order valence-corrected chi connectivity index (χ1v) is 7.07. The third kappa shape index (κ3) is 3.56. The molecule has 0 aromatic heterocycles. The quantitative estimate of drug-likeness (QED) is 0.848. The summed E-state index contributed by atoms with van der Waals surface area (Å²) in [6, 6.07) is 14.6. The van der Waals surface area contributed by atoms with Gasteiger partial charge in [-0.25, -0.2) is 0 Å². The van der Waals surface area contributed by atoms with Gasteiger partial charge in [-0.05, 0) is 42.8 Å². The summed E-state index contributed by atoms with van der Waals surface area (Å²) in [5, 5.41) is 0.688. The van der Waals surface area contributed by atoms with Crippen LogP contribution in [0.4, 0.5) is 0 Å². The predicted molar refractivity (Wildman–Crippen MR) is 85.0 cm³/mol. The molecule has 0 N–H and O–H groups in total. The van der Waals surface area contributed by atoms with Crippen LogP contribution in [-0.4, -0.2) is 25.0 Å². The first kappa shape index (κ1) is 15.4. The molecule has 0 radical (unpaired) electrons. The lowest BCUT2D eigenvalue weighted by Crippen LogP contribution is -2.29. The van der Waals surface area contributed by atoms with Crippen LogP contribution in [-0.2, 0) is 0 Å². The molecule has 1 unspecified atom stereocenters. The van der Waals surface area contributed by atoms with Crippen molar-refractivity contribution in [2.24, 2.45) is 0 Å². The molecule has 4 heteroatoms. The Morgan fingerprint density at radius 1 is 1.19 bits per heavy atom. The average molecular weight is 304 g/mol. The number of nitrogens with zero attached hydrogens (tertiary/aromatic N) is 1. The summed E-state index contributed by atoms with van der Waals surface area (Å²) in [7, 11) is 3.38. The highest BCUT2D eigenvalue weighted by atomic mass is 35.5. The molecule has 0 saturated carbocycles. The van der Waals surface area contributed by atoms with Crippen LogP contribution in [0.3, 0.4) is 0 Å². The third-order valence-electron chi connectivity index (χ3n) is 3.57. The van der Waals surface area contributed by atoms with Crippen molar-refractivity contribution in [3.05, 3.63) is 64.7 Å². The van der Waals surface area contributed by atoms with Crippen molar-refractivity contribution in [1.82, 2.24) is 4.90 Å². The van der Waals surface area contributed by atoms with Crippen molar-refractivity contribution >= 4 is 17.5 Å². The second kappa shape index (κ2) is 6.64. The molecule has 0 aliphatic heterocycles. The van der Waals surface area contributed by atoms with E-state index < -0.39 is 0 Å². The zero-order valence-electron chi connectivity index (χ0n) is 12.3. The molecular weight excluding hydrogens is 286 g/mol. The lowest BCUT2D eigenvalue weighted by atomic mass is 10.1. The van der Waals surface area contributed by atoms with Gasteiger partial charge in [-0.3, -0.25) is 4.79 Å². The van der Waals surface area contributed by atoms with Gasteiger partial charge in [-0.2, -0.15) is 0 Å². The van der Waals surface area contributed by atoms with E-state index in [2.05, 4.69) is 0 Å². The van der Waals surface area contributed by atoms with Crippen LogP contribution in [0.2, 0.25) is 5.02 Å². The molecule has 0 saturated heterocycles. The number of ether oxygens (including phenoxy) is 1. The summed E-state index contributed by atoms with van der Waals surface area (Å²) < 4.78 is 5.16. The SMILES string of the molecule is COc1cccc(C(=O)N(C)C(C)c2ccc(Cl)cc2)c1. The second-order valence-corrected chi connectivity index (χ2v) is 5.31. The Morgan fingerprint density at radius 2 is 1.86 bits per heavy atom. The monoisotopic (exact) mass is 303 g/mol. The number of hydrogen-bond acceptors (Lipinski definition) is 2. The Balaban J connectivity index is 2.19. The minimum Gasteiger partial charge on any atom is -0.497 e. The van der Waals surface area contributed by atoms with E-state index in [9.17, 15) is 4.79 Å². The van der Waals surface area contributed by atoms with Crippen LogP contribution in [0, 0.1) is 0 Å². The number of halogens is 1. The lowest BCUT2D eigenvalue weighted by molar-refractivity contribution is 0.0742. The van der Waals surface area contributed by atoms with Gasteiger partial charge >= 0.3 is 0 Å². The fourth-order valence-corrected chi connectivity index (χ4v) is 2.23. The first-order valence-electron chi connectivity index (χ1n) is 6.69. The van der Waals surface area contributed by atoms with Gasteiger partial charge in [0.05, 0.1) is 13.2 Å². The van der Waals surface area contributed by atoms with Gasteiger partial charge < -0.3 is 9.64 Å². The highest BCUT2D eigenvalue weighted by Crippen LogP contribution is 2.23. The largest absolute Gasteiger partial charge is 0.497 e. The van der Waals surface area contributed by atoms with E-state index in [1.54, 1.807) is 31.2 Å². The zero-order chi connectivity index (χ0) is 15.4. The van der Waals surface area contributed by atoms with E-state index in [0.717, 1.165) is 5.56 Å². The van der Waals surface area contributed by atoms with Crippen LogP contribution < -0.4 is 4.74 Å². The van der Waals surface area contributed by atoms with Gasteiger partial charge in [0.25, 0.3) is 5.91 Å². The van der Waals surface area contributed by atoms with Crippen molar-refractivity contribution in [2.75, 3.05) is 14.2 Å². The Bertz CT molecular complexity index is 625. The standard InChI is InChI=1S/C17H18ClNO2/c1-12(13-7-9-15(18)10-8-13)19(2)17(20)14-5-4-6-16(11-14)21-3/h4-12H,1-3H3. The number of carbonyl (C=O) groups excluding carboxylic acids is 1. The molecule has 2 rings (SSSR count). The van der Waals surface area contributed by atoms with Crippen molar-refractivity contribution in [3.63, 3.8) is 0 Å². The average Bonchev–Trinajstić information content (AvgIpc) is 2.53. The van der Waals surface area contributed by atoms with Gasteiger partial charge in [0.1, 0.15) is 5.75 Å². The molecule has 0 bridgehead atoms. The molecule has 110 valence electrons. The van der Waals surface area contributed by atoms with Gasteiger partial charge in [-0.15, -0.1) is 0 Å². The molecule has 2 aromatic carbocycles. The molecule has 2 aromatic rings. The maximum absolute atomic E-state index is 12.5. The smallest absolute Gasteiger partial charge is 0.254 e. The van der Waals surface area contributed by atoms with E-state index in [1.807, 2.05) is 43.3 Å². The fourth-order valence-electron chi connectivity index (χ4n) is 2.10. The molecule has 0 aliphatic carbocycles. The number of benzene rings is 2. The summed E-state index contributed by atoms with van der Waals surface area (Å²) in [4.78, 5) is 14.2. The molecule has 0 heterocycles. The van der Waals surface area contributed by atoms with Crippen molar-refractivity contribution in [3.8, 4) is 5.75 Å². The van der Waals surface area contributed by atoms with E-state index in [0.29, 0.717) is 16.3 Å². The highest BCUT2D eigenvalue weighted by molar-refractivity contribution is 6.30. The Kier molecular flexibility index (Phi) is 4.86. The molecule has 1 amide bonds. The number of carbonyl (C=O) groups is 1. The number of amides is 1. The molecule has 1 atom stereocenters. The normalized spacial score (nSPS) is 11.8. The van der Waals surface area contributed by atoms with E-state index in [-0.39, 0.29) is 11.9 Å². The van der Waals surface area contributed by atoms with Gasteiger partial charge in [0.15, 0.2) is 0 Å². The highest BCUT2D eigenvalue weighted by Gasteiger charge is 2.19. The van der Waals surface area contributed by atoms with Crippen LogP contribution in [0.15, 0.2) is 48.5 Å². The second-order valence-electron chi connectivity index (χ2n) is 4.88. The summed E-state index contributed by atoms with van der Waals surface area (Å²) in [5.74, 6) is 0.629. The Morgan fingerprint density at radius 3 is 2.48 bits per heavy atom. The maximum atomic E-state index is 12.5. The van der Waals surface area contributed by atoms with Crippen LogP contribution in [0.1, 0.15) is 28.9 Å².